The summed E-state index contributed by atoms with van der Waals surface area (Å²) in [6.07, 6.45) is 8.55. The number of amides is 1. The molecule has 1 unspecified atom stereocenters. The fraction of sp³-hybridized carbons (Fsp3) is 0.423. The molecule has 162 valence electrons. The molecule has 0 bridgehead atoms. The number of carbonyl (C=O) groups is 1. The maximum absolute atomic E-state index is 12.2. The highest BCUT2D eigenvalue weighted by molar-refractivity contribution is 5.78. The largest absolute Gasteiger partial charge is 0.370 e. The van der Waals surface area contributed by atoms with Gasteiger partial charge in [-0.2, -0.15) is 0 Å². The molecule has 1 amide bonds. The number of carbonyl (C=O) groups excluding carboxylic acids is 1. The number of aryl methyl sites for hydroxylation is 2. The number of nitrogens with one attached hydrogen (secondary N) is 2. The summed E-state index contributed by atoms with van der Waals surface area (Å²) in [5.74, 6) is 1.56. The molecule has 0 fully saturated rings. The molecule has 31 heavy (non-hydrogen) atoms. The van der Waals surface area contributed by atoms with Gasteiger partial charge in [0.2, 0.25) is 5.91 Å². The molecule has 3 aromatic rings. The second-order valence-electron chi connectivity index (χ2n) is 8.55. The van der Waals surface area contributed by atoms with E-state index in [0.717, 1.165) is 55.7 Å². The normalized spacial score (nSPS) is 14.0. The zero-order chi connectivity index (χ0) is 21.5. The van der Waals surface area contributed by atoms with Gasteiger partial charge in [-0.15, -0.1) is 0 Å². The Balaban J connectivity index is 1.14. The van der Waals surface area contributed by atoms with Gasteiger partial charge in [0.25, 0.3) is 0 Å². The first-order valence-corrected chi connectivity index (χ1v) is 11.5. The van der Waals surface area contributed by atoms with Crippen LogP contribution in [0.5, 0.6) is 0 Å². The number of fused-ring (bicyclic) bond motifs is 2. The van der Waals surface area contributed by atoms with E-state index in [2.05, 4.69) is 46.8 Å². The van der Waals surface area contributed by atoms with Crippen molar-refractivity contribution in [1.29, 1.82) is 0 Å². The van der Waals surface area contributed by atoms with E-state index in [4.69, 9.17) is 4.98 Å². The second kappa shape index (κ2) is 10.4. The number of hydrogen-bond acceptors (Lipinski definition) is 4. The van der Waals surface area contributed by atoms with Gasteiger partial charge in [0.1, 0.15) is 5.82 Å². The quantitative estimate of drug-likeness (QED) is 0.481. The zero-order valence-corrected chi connectivity index (χ0v) is 18.4. The van der Waals surface area contributed by atoms with Gasteiger partial charge < -0.3 is 10.6 Å². The lowest BCUT2D eigenvalue weighted by Gasteiger charge is -2.17. The van der Waals surface area contributed by atoms with Gasteiger partial charge in [-0.25, -0.2) is 4.98 Å². The number of aromatic nitrogens is 2. The number of nitrogens with zero attached hydrogens (tertiary/aromatic N) is 2. The minimum absolute atomic E-state index is 0.143. The third kappa shape index (κ3) is 5.81. The number of anilines is 1. The van der Waals surface area contributed by atoms with Gasteiger partial charge in [-0.1, -0.05) is 31.2 Å². The van der Waals surface area contributed by atoms with Gasteiger partial charge in [0, 0.05) is 36.8 Å². The lowest BCUT2D eigenvalue weighted by atomic mass is 9.98. The van der Waals surface area contributed by atoms with Gasteiger partial charge >= 0.3 is 0 Å². The van der Waals surface area contributed by atoms with E-state index in [1.807, 2.05) is 24.4 Å². The van der Waals surface area contributed by atoms with Crippen LogP contribution in [0.4, 0.5) is 5.82 Å². The number of unbranched alkanes of at least 4 members (excludes halogenated alkanes) is 1. The highest BCUT2D eigenvalue weighted by Crippen LogP contribution is 2.22. The van der Waals surface area contributed by atoms with Crippen molar-refractivity contribution in [1.82, 2.24) is 15.3 Å². The molecule has 3 heterocycles. The molecule has 5 nitrogen and oxygen atoms in total. The highest BCUT2D eigenvalue weighted by atomic mass is 16.1. The molecule has 4 rings (SSSR count). The van der Waals surface area contributed by atoms with Crippen molar-refractivity contribution in [2.24, 2.45) is 0 Å². The summed E-state index contributed by atoms with van der Waals surface area (Å²) >= 11 is 0. The Hall–Kier alpha value is -2.95. The Morgan fingerprint density at radius 1 is 1.19 bits per heavy atom. The summed E-state index contributed by atoms with van der Waals surface area (Å²) < 4.78 is 0. The molecular formula is C26H32N4O. The van der Waals surface area contributed by atoms with E-state index < -0.39 is 0 Å². The molecule has 0 spiro atoms. The number of para-hydroxylation sites is 1. The van der Waals surface area contributed by atoms with Crippen LogP contribution >= 0.6 is 0 Å². The molecule has 1 aliphatic heterocycles. The Kier molecular flexibility index (Phi) is 7.13. The van der Waals surface area contributed by atoms with Crippen molar-refractivity contribution in [3.63, 3.8) is 0 Å². The summed E-state index contributed by atoms with van der Waals surface area (Å²) in [6, 6.07) is 14.7. The van der Waals surface area contributed by atoms with Crippen LogP contribution in [-0.4, -0.2) is 29.0 Å². The van der Waals surface area contributed by atoms with Crippen molar-refractivity contribution in [2.45, 2.75) is 57.8 Å². The monoisotopic (exact) mass is 416 g/mol. The van der Waals surface area contributed by atoms with Crippen LogP contribution in [0.3, 0.4) is 0 Å². The molecular weight excluding hydrogens is 384 g/mol. The van der Waals surface area contributed by atoms with Crippen molar-refractivity contribution in [3.8, 4) is 0 Å². The predicted molar refractivity (Wildman–Crippen MR) is 126 cm³/mol. The Morgan fingerprint density at radius 2 is 2.10 bits per heavy atom. The van der Waals surface area contributed by atoms with E-state index >= 15 is 0 Å². The number of hydrogen-bond donors (Lipinski definition) is 2. The zero-order valence-electron chi connectivity index (χ0n) is 18.4. The summed E-state index contributed by atoms with van der Waals surface area (Å²) in [5, 5.41) is 7.63. The minimum Gasteiger partial charge on any atom is -0.370 e. The van der Waals surface area contributed by atoms with E-state index in [1.165, 1.54) is 22.9 Å². The minimum atomic E-state index is 0.143. The fourth-order valence-electron chi connectivity index (χ4n) is 4.14. The molecule has 1 aromatic carbocycles. The maximum atomic E-state index is 12.2. The van der Waals surface area contributed by atoms with Crippen molar-refractivity contribution >= 4 is 22.6 Å². The lowest BCUT2D eigenvalue weighted by molar-refractivity contribution is -0.121. The number of benzene rings is 1. The summed E-state index contributed by atoms with van der Waals surface area (Å²) in [5.41, 5.74) is 4.68. The Bertz CT molecular complexity index is 1030. The molecule has 2 aromatic heterocycles. The lowest BCUT2D eigenvalue weighted by Crippen LogP contribution is -2.25. The van der Waals surface area contributed by atoms with Crippen LogP contribution < -0.4 is 10.6 Å². The molecule has 0 aliphatic carbocycles. The van der Waals surface area contributed by atoms with Crippen LogP contribution in [0.25, 0.3) is 10.9 Å². The SMILES string of the molecule is CC(CCNC(=O)CCCCc1ccc2c(n1)NCCC2)c1cnc2ccccc2c1. The molecule has 0 saturated heterocycles. The average Bonchev–Trinajstić information content (AvgIpc) is 2.81. The molecule has 0 saturated carbocycles. The maximum Gasteiger partial charge on any atom is 0.219 e. The molecule has 1 atom stereocenters. The van der Waals surface area contributed by atoms with Crippen molar-refractivity contribution in [3.05, 3.63) is 65.5 Å². The summed E-state index contributed by atoms with van der Waals surface area (Å²) in [6.45, 7) is 3.91. The van der Waals surface area contributed by atoms with Gasteiger partial charge in [-0.3, -0.25) is 9.78 Å². The number of pyridine rings is 2. The van der Waals surface area contributed by atoms with E-state index in [9.17, 15) is 4.79 Å². The van der Waals surface area contributed by atoms with Crippen LogP contribution in [0.1, 0.15) is 61.8 Å². The number of rotatable bonds is 9. The van der Waals surface area contributed by atoms with Crippen LogP contribution in [0, 0.1) is 0 Å². The molecule has 1 aliphatic rings. The van der Waals surface area contributed by atoms with Gasteiger partial charge in [0.05, 0.1) is 5.52 Å². The molecule has 5 heteroatoms. The third-order valence-electron chi connectivity index (χ3n) is 6.12. The highest BCUT2D eigenvalue weighted by Gasteiger charge is 2.11. The topological polar surface area (TPSA) is 66.9 Å². The first-order chi connectivity index (χ1) is 15.2. The second-order valence-corrected chi connectivity index (χ2v) is 8.55. The first kappa shape index (κ1) is 21.3. The van der Waals surface area contributed by atoms with Crippen LogP contribution in [0.2, 0.25) is 0 Å². The predicted octanol–water partition coefficient (Wildman–Crippen LogP) is 5.01. The van der Waals surface area contributed by atoms with Gasteiger partial charge in [-0.05, 0) is 73.8 Å². The van der Waals surface area contributed by atoms with Gasteiger partial charge in [0.15, 0.2) is 0 Å². The molecule has 0 radical (unpaired) electrons. The van der Waals surface area contributed by atoms with E-state index in [-0.39, 0.29) is 5.91 Å². The summed E-state index contributed by atoms with van der Waals surface area (Å²) in [7, 11) is 0. The summed E-state index contributed by atoms with van der Waals surface area (Å²) in [4.78, 5) is 21.5. The standard InChI is InChI=1S/C26H32N4O/c1-19(22-17-21-7-2-4-10-24(21)29-18-22)14-16-27-25(31)11-5-3-9-23-13-12-20-8-6-15-28-26(20)30-23/h2,4,7,10,12-13,17-19H,3,5-6,8-9,11,14-16H2,1H3,(H,27,31)(H,28,30). The van der Waals surface area contributed by atoms with E-state index in [0.29, 0.717) is 18.9 Å². The third-order valence-corrected chi connectivity index (χ3v) is 6.12. The van der Waals surface area contributed by atoms with Crippen LogP contribution in [0.15, 0.2) is 48.7 Å². The molecule has 2 N–H and O–H groups in total. The first-order valence-electron chi connectivity index (χ1n) is 11.5. The van der Waals surface area contributed by atoms with E-state index in [1.54, 1.807) is 0 Å². The smallest absolute Gasteiger partial charge is 0.219 e. The Morgan fingerprint density at radius 3 is 3.03 bits per heavy atom. The Labute approximate surface area is 184 Å². The fourth-order valence-corrected chi connectivity index (χ4v) is 4.14. The average molecular weight is 417 g/mol. The van der Waals surface area contributed by atoms with Crippen molar-refractivity contribution in [2.75, 3.05) is 18.4 Å². The van der Waals surface area contributed by atoms with Crippen LogP contribution in [-0.2, 0) is 17.6 Å². The van der Waals surface area contributed by atoms with Crippen molar-refractivity contribution < 1.29 is 4.79 Å².